The molecule has 0 bridgehead atoms. The van der Waals surface area contributed by atoms with Crippen molar-refractivity contribution in [2.24, 2.45) is 5.73 Å². The molecule has 6 nitrogen and oxygen atoms in total. The summed E-state index contributed by atoms with van der Waals surface area (Å²) in [6.07, 6.45) is 2.86. The Kier molecular flexibility index (Phi) is 6.80. The minimum absolute atomic E-state index is 0. The van der Waals surface area contributed by atoms with E-state index in [2.05, 4.69) is 5.10 Å². The van der Waals surface area contributed by atoms with Crippen molar-refractivity contribution in [1.82, 2.24) is 14.7 Å². The molecule has 0 fully saturated rings. The van der Waals surface area contributed by atoms with E-state index in [1.165, 1.54) is 0 Å². The first-order valence-electron chi connectivity index (χ1n) is 6.52. The summed E-state index contributed by atoms with van der Waals surface area (Å²) in [6.45, 7) is 2.12. The van der Waals surface area contributed by atoms with Crippen LogP contribution in [0.15, 0.2) is 18.1 Å². The number of halogens is 2. The van der Waals surface area contributed by atoms with Crippen molar-refractivity contribution >= 4 is 18.3 Å². The normalized spacial score (nSPS) is 14.9. The fraction of sp³-hybridized carbons (Fsp3) is 0.538. The smallest absolute Gasteiger partial charge is 0.257 e. The lowest BCUT2D eigenvalue weighted by Crippen LogP contribution is -2.39. The number of hydrogen-bond acceptors (Lipinski definition) is 4. The molecule has 2 rings (SSSR count). The summed E-state index contributed by atoms with van der Waals surface area (Å²) >= 11 is 0. The van der Waals surface area contributed by atoms with Gasteiger partial charge >= 0.3 is 0 Å². The molecule has 21 heavy (non-hydrogen) atoms. The zero-order valence-corrected chi connectivity index (χ0v) is 12.7. The van der Waals surface area contributed by atoms with Crippen molar-refractivity contribution < 1.29 is 13.9 Å². The van der Waals surface area contributed by atoms with Crippen LogP contribution in [-0.4, -0.2) is 53.9 Å². The van der Waals surface area contributed by atoms with E-state index < -0.39 is 0 Å². The fourth-order valence-electron chi connectivity index (χ4n) is 2.18. The van der Waals surface area contributed by atoms with E-state index in [0.717, 1.165) is 5.69 Å². The van der Waals surface area contributed by atoms with Crippen molar-refractivity contribution in [3.8, 4) is 0 Å². The van der Waals surface area contributed by atoms with Crippen LogP contribution in [-0.2, 0) is 17.7 Å². The molecule has 0 saturated carbocycles. The lowest BCUT2D eigenvalue weighted by molar-refractivity contribution is 0.0678. The first-order chi connectivity index (χ1) is 9.69. The monoisotopic (exact) mass is 318 g/mol. The maximum absolute atomic E-state index is 12.5. The molecule has 1 aromatic rings. The Balaban J connectivity index is 0.00000220. The number of methoxy groups -OCH3 is 1. The standard InChI is InChI=1S/C13H19FN4O2.ClH/c1-20-5-4-17-3-2-12-11(13(17)19)9-18(16-12)8-10(6-14)7-15;/h6,9H,2-5,7-8,15H2,1H3;1H. The van der Waals surface area contributed by atoms with Gasteiger partial charge in [0.15, 0.2) is 0 Å². The Morgan fingerprint density at radius 3 is 3.00 bits per heavy atom. The number of carbonyl (C=O) groups is 1. The highest BCUT2D eigenvalue weighted by atomic mass is 35.5. The maximum Gasteiger partial charge on any atom is 0.257 e. The second-order valence-corrected chi connectivity index (χ2v) is 4.69. The molecule has 0 unspecified atom stereocenters. The second kappa shape index (κ2) is 8.11. The van der Waals surface area contributed by atoms with E-state index >= 15 is 0 Å². The van der Waals surface area contributed by atoms with Crippen LogP contribution in [0.3, 0.4) is 0 Å². The van der Waals surface area contributed by atoms with E-state index in [1.54, 1.807) is 22.9 Å². The summed E-state index contributed by atoms with van der Waals surface area (Å²) in [5.41, 5.74) is 7.21. The van der Waals surface area contributed by atoms with Crippen LogP contribution in [0.4, 0.5) is 4.39 Å². The minimum atomic E-state index is -0.0481. The minimum Gasteiger partial charge on any atom is -0.383 e. The van der Waals surface area contributed by atoms with Crippen molar-refractivity contribution in [3.05, 3.63) is 29.4 Å². The van der Waals surface area contributed by atoms with Gasteiger partial charge in [-0.3, -0.25) is 9.48 Å². The fourth-order valence-corrected chi connectivity index (χ4v) is 2.18. The topological polar surface area (TPSA) is 73.4 Å². The van der Waals surface area contributed by atoms with Crippen molar-refractivity contribution in [1.29, 1.82) is 0 Å². The SMILES string of the molecule is COCCN1CCc2nn(CC(=CF)CN)cc2C1=O.Cl. The van der Waals surface area contributed by atoms with Crippen LogP contribution in [0.2, 0.25) is 0 Å². The highest BCUT2D eigenvalue weighted by Gasteiger charge is 2.27. The highest BCUT2D eigenvalue weighted by molar-refractivity contribution is 5.96. The molecule has 0 aromatic carbocycles. The number of rotatable bonds is 6. The summed E-state index contributed by atoms with van der Waals surface area (Å²) in [6, 6.07) is 0. The van der Waals surface area contributed by atoms with E-state index in [4.69, 9.17) is 10.5 Å². The molecule has 0 spiro atoms. The first kappa shape index (κ1) is 17.6. The molecule has 0 aliphatic carbocycles. The van der Waals surface area contributed by atoms with E-state index in [0.29, 0.717) is 43.6 Å². The van der Waals surface area contributed by atoms with Crippen molar-refractivity contribution in [3.63, 3.8) is 0 Å². The lowest BCUT2D eigenvalue weighted by Gasteiger charge is -2.25. The quantitative estimate of drug-likeness (QED) is 0.840. The van der Waals surface area contributed by atoms with Gasteiger partial charge in [0.25, 0.3) is 5.91 Å². The summed E-state index contributed by atoms with van der Waals surface area (Å²) in [5, 5.41) is 4.33. The van der Waals surface area contributed by atoms with Gasteiger partial charge in [0, 0.05) is 39.4 Å². The average Bonchev–Trinajstić information content (AvgIpc) is 2.87. The van der Waals surface area contributed by atoms with Crippen LogP contribution >= 0.6 is 12.4 Å². The number of hydrogen-bond donors (Lipinski definition) is 1. The number of carbonyl (C=O) groups excluding carboxylic acids is 1. The van der Waals surface area contributed by atoms with E-state index in [1.807, 2.05) is 0 Å². The molecule has 1 amide bonds. The average molecular weight is 319 g/mol. The Morgan fingerprint density at radius 2 is 2.38 bits per heavy atom. The first-order valence-corrected chi connectivity index (χ1v) is 6.52. The summed E-state index contributed by atoms with van der Waals surface area (Å²) < 4.78 is 19.1. The molecule has 2 N–H and O–H groups in total. The molecule has 118 valence electrons. The molecular weight excluding hydrogens is 299 g/mol. The predicted molar refractivity (Wildman–Crippen MR) is 79.2 cm³/mol. The third-order valence-corrected chi connectivity index (χ3v) is 3.32. The highest BCUT2D eigenvalue weighted by Crippen LogP contribution is 2.18. The molecule has 1 aliphatic rings. The van der Waals surface area contributed by atoms with Gasteiger partial charge in [-0.25, -0.2) is 4.39 Å². The molecular formula is C13H20ClFN4O2. The number of ether oxygens (including phenoxy) is 1. The molecule has 2 heterocycles. The number of amides is 1. The molecule has 0 saturated heterocycles. The summed E-state index contributed by atoms with van der Waals surface area (Å²) in [5.74, 6) is -0.0481. The zero-order valence-electron chi connectivity index (χ0n) is 11.9. The largest absolute Gasteiger partial charge is 0.383 e. The third kappa shape index (κ3) is 4.03. The van der Waals surface area contributed by atoms with Crippen molar-refractivity contribution in [2.45, 2.75) is 13.0 Å². The van der Waals surface area contributed by atoms with E-state index in [-0.39, 0.29) is 31.4 Å². The number of nitrogens with zero attached hydrogens (tertiary/aromatic N) is 3. The van der Waals surface area contributed by atoms with Crippen LogP contribution in [0.5, 0.6) is 0 Å². The van der Waals surface area contributed by atoms with Gasteiger partial charge < -0.3 is 15.4 Å². The number of aromatic nitrogens is 2. The molecule has 0 radical (unpaired) electrons. The van der Waals surface area contributed by atoms with Gasteiger partial charge in [-0.05, 0) is 5.57 Å². The summed E-state index contributed by atoms with van der Waals surface area (Å²) in [7, 11) is 1.61. The Morgan fingerprint density at radius 1 is 1.62 bits per heavy atom. The second-order valence-electron chi connectivity index (χ2n) is 4.69. The number of fused-ring (bicyclic) bond motifs is 1. The molecule has 8 heteroatoms. The maximum atomic E-state index is 12.5. The van der Waals surface area contributed by atoms with Crippen LogP contribution in [0, 0.1) is 0 Å². The van der Waals surface area contributed by atoms with Crippen LogP contribution in [0.1, 0.15) is 16.1 Å². The number of nitrogens with two attached hydrogens (primary N) is 1. The summed E-state index contributed by atoms with van der Waals surface area (Å²) in [4.78, 5) is 14.0. The third-order valence-electron chi connectivity index (χ3n) is 3.32. The van der Waals surface area contributed by atoms with Gasteiger partial charge in [-0.1, -0.05) is 0 Å². The van der Waals surface area contributed by atoms with Crippen LogP contribution in [0.25, 0.3) is 0 Å². The van der Waals surface area contributed by atoms with Gasteiger partial charge in [-0.2, -0.15) is 5.10 Å². The molecule has 1 aromatic heterocycles. The Labute approximate surface area is 129 Å². The predicted octanol–water partition coefficient (Wildman–Crippen LogP) is 0.762. The Bertz CT molecular complexity index is 518. The van der Waals surface area contributed by atoms with Crippen molar-refractivity contribution in [2.75, 3.05) is 33.4 Å². The zero-order chi connectivity index (χ0) is 14.5. The van der Waals surface area contributed by atoms with Crippen LogP contribution < -0.4 is 5.73 Å². The lowest BCUT2D eigenvalue weighted by atomic mass is 10.1. The van der Waals surface area contributed by atoms with E-state index in [9.17, 15) is 9.18 Å². The Hall–Kier alpha value is -1.44. The van der Waals surface area contributed by atoms with Gasteiger partial charge in [0.05, 0.1) is 30.7 Å². The van der Waals surface area contributed by atoms with Gasteiger partial charge in [0.1, 0.15) is 0 Å². The molecule has 0 atom stereocenters. The van der Waals surface area contributed by atoms with Gasteiger partial charge in [-0.15, -0.1) is 12.4 Å². The molecule has 1 aliphatic heterocycles. The van der Waals surface area contributed by atoms with Gasteiger partial charge in [0.2, 0.25) is 0 Å².